The third kappa shape index (κ3) is 4.65. The van der Waals surface area contributed by atoms with Gasteiger partial charge in [-0.1, -0.05) is 62.4 Å². The highest BCUT2D eigenvalue weighted by Gasteiger charge is 2.18. The molecule has 6 heteroatoms. The molecule has 3 rings (SSSR count). The van der Waals surface area contributed by atoms with Crippen molar-refractivity contribution in [1.82, 2.24) is 25.9 Å². The summed E-state index contributed by atoms with van der Waals surface area (Å²) in [5.41, 5.74) is 3.43. The van der Waals surface area contributed by atoms with Crippen LogP contribution in [0, 0.1) is 0 Å². The van der Waals surface area contributed by atoms with Gasteiger partial charge in [0.05, 0.1) is 6.04 Å². The Hall–Kier alpha value is -2.24. The molecule has 1 atom stereocenters. The second kappa shape index (κ2) is 9.30. The monoisotopic (exact) mass is 357 g/mol. The van der Waals surface area contributed by atoms with E-state index in [1.807, 2.05) is 18.2 Å². The molecular weight excluding hydrogens is 334 g/mol. The van der Waals surface area contributed by atoms with Crippen LogP contribution in [0.2, 0.25) is 0 Å². The molecule has 1 unspecified atom stereocenters. The van der Waals surface area contributed by atoms with Crippen molar-refractivity contribution >= 4 is 12.4 Å². The summed E-state index contributed by atoms with van der Waals surface area (Å²) in [6.07, 6.45) is 2.20. The van der Waals surface area contributed by atoms with E-state index in [2.05, 4.69) is 76.2 Å². The van der Waals surface area contributed by atoms with Crippen LogP contribution < -0.4 is 5.32 Å². The average molecular weight is 358 g/mol. The van der Waals surface area contributed by atoms with Crippen LogP contribution in [0.4, 0.5) is 0 Å². The highest BCUT2D eigenvalue weighted by molar-refractivity contribution is 5.85. The molecule has 132 valence electrons. The van der Waals surface area contributed by atoms with E-state index in [0.29, 0.717) is 11.9 Å². The van der Waals surface area contributed by atoms with Gasteiger partial charge < -0.3 is 5.32 Å². The molecule has 3 aromatic rings. The molecule has 0 saturated carbocycles. The summed E-state index contributed by atoms with van der Waals surface area (Å²) < 4.78 is 0. The van der Waals surface area contributed by atoms with Crippen LogP contribution in [0.25, 0.3) is 11.4 Å². The Labute approximate surface area is 154 Å². The molecule has 2 aromatic carbocycles. The van der Waals surface area contributed by atoms with Gasteiger partial charge in [0.1, 0.15) is 0 Å². The summed E-state index contributed by atoms with van der Waals surface area (Å²) in [6.45, 7) is 4.44. The highest BCUT2D eigenvalue weighted by Crippen LogP contribution is 2.26. The molecule has 0 amide bonds. The van der Waals surface area contributed by atoms with Crippen LogP contribution in [-0.2, 0) is 0 Å². The van der Waals surface area contributed by atoms with E-state index in [0.717, 1.165) is 18.4 Å². The first-order valence-corrected chi connectivity index (χ1v) is 8.46. The van der Waals surface area contributed by atoms with Crippen LogP contribution in [0.1, 0.15) is 43.9 Å². The summed E-state index contributed by atoms with van der Waals surface area (Å²) >= 11 is 0. The van der Waals surface area contributed by atoms with Crippen molar-refractivity contribution in [1.29, 1.82) is 0 Å². The number of H-pyrrole nitrogens is 1. The van der Waals surface area contributed by atoms with Crippen molar-refractivity contribution in [2.24, 2.45) is 0 Å². The lowest BCUT2D eigenvalue weighted by Crippen LogP contribution is -2.32. The van der Waals surface area contributed by atoms with Gasteiger partial charge in [-0.25, -0.2) is 0 Å². The van der Waals surface area contributed by atoms with Gasteiger partial charge in [0, 0.05) is 11.6 Å². The van der Waals surface area contributed by atoms with E-state index < -0.39 is 0 Å². The van der Waals surface area contributed by atoms with Crippen LogP contribution in [-0.4, -0.2) is 26.7 Å². The fourth-order valence-corrected chi connectivity index (χ4v) is 2.93. The number of nitrogens with zero attached hydrogens (tertiary/aromatic N) is 3. The normalized spacial score (nSPS) is 12.0. The SMILES string of the molecule is CCC(CC)NC(c1ccccc1)c1cccc(-c2nn[nH]n2)c1.Cl. The van der Waals surface area contributed by atoms with E-state index in [-0.39, 0.29) is 18.4 Å². The first-order valence-electron chi connectivity index (χ1n) is 8.46. The molecule has 25 heavy (non-hydrogen) atoms. The van der Waals surface area contributed by atoms with E-state index in [4.69, 9.17) is 0 Å². The fourth-order valence-electron chi connectivity index (χ4n) is 2.93. The van der Waals surface area contributed by atoms with Gasteiger partial charge in [0.2, 0.25) is 5.82 Å². The van der Waals surface area contributed by atoms with Crippen LogP contribution in [0.15, 0.2) is 54.6 Å². The van der Waals surface area contributed by atoms with Gasteiger partial charge in [0.25, 0.3) is 0 Å². The molecule has 0 saturated heterocycles. The Bertz CT molecular complexity index is 742. The topological polar surface area (TPSA) is 66.5 Å². The van der Waals surface area contributed by atoms with E-state index in [9.17, 15) is 0 Å². The fraction of sp³-hybridized carbons (Fsp3) is 0.316. The zero-order chi connectivity index (χ0) is 16.8. The summed E-state index contributed by atoms with van der Waals surface area (Å²) in [5, 5.41) is 18.1. The number of halogens is 1. The molecule has 1 heterocycles. The Balaban J connectivity index is 0.00000225. The minimum atomic E-state index is 0. The maximum Gasteiger partial charge on any atom is 0.204 e. The minimum absolute atomic E-state index is 0. The van der Waals surface area contributed by atoms with Gasteiger partial charge in [-0.05, 0) is 35.2 Å². The average Bonchev–Trinajstić information content (AvgIpc) is 3.18. The molecule has 0 radical (unpaired) electrons. The van der Waals surface area contributed by atoms with Gasteiger partial charge in [0.15, 0.2) is 0 Å². The number of aromatic nitrogens is 4. The second-order valence-electron chi connectivity index (χ2n) is 5.88. The number of nitrogens with one attached hydrogen (secondary N) is 2. The van der Waals surface area contributed by atoms with Crippen molar-refractivity contribution in [2.75, 3.05) is 0 Å². The lowest BCUT2D eigenvalue weighted by molar-refractivity contribution is 0.447. The molecule has 0 aliphatic rings. The standard InChI is InChI=1S/C19H23N5.ClH/c1-3-17(4-2)20-18(14-9-6-5-7-10-14)15-11-8-12-16(13-15)19-21-23-24-22-19;/h5-13,17-18,20H,3-4H2,1-2H3,(H,21,22,23,24);1H. The number of aromatic amines is 1. The molecular formula is C19H24ClN5. The third-order valence-corrected chi connectivity index (χ3v) is 4.34. The second-order valence-corrected chi connectivity index (χ2v) is 5.88. The number of benzene rings is 2. The molecule has 2 N–H and O–H groups in total. The summed E-state index contributed by atoms with van der Waals surface area (Å²) in [5.74, 6) is 0.617. The van der Waals surface area contributed by atoms with Gasteiger partial charge in [-0.2, -0.15) is 5.21 Å². The van der Waals surface area contributed by atoms with E-state index in [1.165, 1.54) is 11.1 Å². The molecule has 0 fully saturated rings. The zero-order valence-corrected chi connectivity index (χ0v) is 15.3. The van der Waals surface area contributed by atoms with Gasteiger partial charge >= 0.3 is 0 Å². The maximum atomic E-state index is 4.09. The molecule has 0 spiro atoms. The Morgan fingerprint density at radius 2 is 1.68 bits per heavy atom. The first kappa shape index (κ1) is 19.1. The molecule has 0 bridgehead atoms. The quantitative estimate of drug-likeness (QED) is 0.666. The van der Waals surface area contributed by atoms with E-state index >= 15 is 0 Å². The van der Waals surface area contributed by atoms with Crippen molar-refractivity contribution in [3.05, 3.63) is 65.7 Å². The predicted octanol–water partition coefficient (Wildman–Crippen LogP) is 4.16. The highest BCUT2D eigenvalue weighted by atomic mass is 35.5. The molecule has 1 aromatic heterocycles. The largest absolute Gasteiger partial charge is 0.303 e. The first-order chi connectivity index (χ1) is 11.8. The van der Waals surface area contributed by atoms with Crippen LogP contribution in [0.5, 0.6) is 0 Å². The lowest BCUT2D eigenvalue weighted by atomic mass is 9.95. The molecule has 5 nitrogen and oxygen atoms in total. The van der Waals surface area contributed by atoms with Gasteiger partial charge in [-0.3, -0.25) is 0 Å². The number of hydrogen-bond acceptors (Lipinski definition) is 4. The molecule has 0 aliphatic heterocycles. The maximum absolute atomic E-state index is 4.09. The smallest absolute Gasteiger partial charge is 0.204 e. The minimum Gasteiger partial charge on any atom is -0.303 e. The third-order valence-electron chi connectivity index (χ3n) is 4.34. The number of rotatable bonds is 7. The summed E-state index contributed by atoms with van der Waals surface area (Å²) in [6, 6.07) is 19.5. The van der Waals surface area contributed by atoms with Crippen molar-refractivity contribution < 1.29 is 0 Å². The van der Waals surface area contributed by atoms with Gasteiger partial charge in [-0.15, -0.1) is 22.6 Å². The van der Waals surface area contributed by atoms with E-state index in [1.54, 1.807) is 0 Å². The van der Waals surface area contributed by atoms with Crippen molar-refractivity contribution in [2.45, 2.75) is 38.8 Å². The summed E-state index contributed by atoms with van der Waals surface area (Å²) in [7, 11) is 0. The Morgan fingerprint density at radius 3 is 2.32 bits per heavy atom. The molecule has 0 aliphatic carbocycles. The Kier molecular flexibility index (Phi) is 7.10. The zero-order valence-electron chi connectivity index (χ0n) is 14.5. The van der Waals surface area contributed by atoms with Crippen LogP contribution >= 0.6 is 12.4 Å². The lowest BCUT2D eigenvalue weighted by Gasteiger charge is -2.25. The number of hydrogen-bond donors (Lipinski definition) is 2. The summed E-state index contributed by atoms with van der Waals surface area (Å²) in [4.78, 5) is 0. The van der Waals surface area contributed by atoms with Crippen molar-refractivity contribution in [3.63, 3.8) is 0 Å². The number of tetrazole rings is 1. The predicted molar refractivity (Wildman–Crippen MR) is 103 cm³/mol. The Morgan fingerprint density at radius 1 is 0.960 bits per heavy atom. The van der Waals surface area contributed by atoms with Crippen molar-refractivity contribution in [3.8, 4) is 11.4 Å². The van der Waals surface area contributed by atoms with Crippen LogP contribution in [0.3, 0.4) is 0 Å².